The van der Waals surface area contributed by atoms with Gasteiger partial charge in [-0.3, -0.25) is 9.89 Å². The minimum Gasteiger partial charge on any atom is -0.352 e. The molecule has 28 heavy (non-hydrogen) atoms. The highest BCUT2D eigenvalue weighted by molar-refractivity contribution is 14.0. The summed E-state index contributed by atoms with van der Waals surface area (Å²) in [7, 11) is 5.77. The van der Waals surface area contributed by atoms with E-state index in [0.717, 1.165) is 18.1 Å². The van der Waals surface area contributed by atoms with Crippen LogP contribution in [0.3, 0.4) is 0 Å². The first-order valence-electron chi connectivity index (χ1n) is 9.19. The van der Waals surface area contributed by atoms with Crippen LogP contribution in [-0.4, -0.2) is 80.2 Å². The summed E-state index contributed by atoms with van der Waals surface area (Å²) in [6.45, 7) is 4.57. The fourth-order valence-corrected chi connectivity index (χ4v) is 3.17. The summed E-state index contributed by atoms with van der Waals surface area (Å²) in [5.41, 5.74) is 2.39. The molecular weight excluding hydrogens is 482 g/mol. The summed E-state index contributed by atoms with van der Waals surface area (Å²) in [5.74, 6) is 0.728. The summed E-state index contributed by atoms with van der Waals surface area (Å²) in [5, 5.41) is 3.31. The molecule has 1 heterocycles. The Morgan fingerprint density at radius 3 is 2.11 bits per heavy atom. The summed E-state index contributed by atoms with van der Waals surface area (Å²) >= 11 is 0. The molecule has 0 spiro atoms. The zero-order valence-corrected chi connectivity index (χ0v) is 19.3. The number of guanidine groups is 1. The van der Waals surface area contributed by atoms with Gasteiger partial charge < -0.3 is 15.1 Å². The van der Waals surface area contributed by atoms with Crippen LogP contribution in [0.1, 0.15) is 18.1 Å². The standard InChI is InChI=1S/C19H30F3N5.HI/c1-15(19(20,21)22)26-9-11-27(12-10-26)18(23-2)24-13-16-5-7-17(8-6-16)14-25(3)4;/h5-8,15H,9-14H2,1-4H3,(H,23,24);1H. The molecule has 0 saturated carbocycles. The fourth-order valence-electron chi connectivity index (χ4n) is 3.17. The summed E-state index contributed by atoms with van der Waals surface area (Å²) in [6, 6.07) is 6.98. The lowest BCUT2D eigenvalue weighted by molar-refractivity contribution is -0.181. The van der Waals surface area contributed by atoms with Gasteiger partial charge in [0.1, 0.15) is 6.04 Å². The van der Waals surface area contributed by atoms with Crippen molar-refractivity contribution >= 4 is 29.9 Å². The second-order valence-corrected chi connectivity index (χ2v) is 7.20. The molecule has 0 aliphatic carbocycles. The van der Waals surface area contributed by atoms with Crippen molar-refractivity contribution in [1.29, 1.82) is 0 Å². The van der Waals surface area contributed by atoms with Crippen molar-refractivity contribution in [3.63, 3.8) is 0 Å². The molecule has 1 aliphatic heterocycles. The van der Waals surface area contributed by atoms with Gasteiger partial charge in [-0.25, -0.2) is 0 Å². The first-order chi connectivity index (χ1) is 12.7. The SMILES string of the molecule is CN=C(NCc1ccc(CN(C)C)cc1)N1CCN(C(C)C(F)(F)F)CC1.I. The van der Waals surface area contributed by atoms with Crippen LogP contribution in [-0.2, 0) is 13.1 Å². The third-order valence-electron chi connectivity index (χ3n) is 4.82. The van der Waals surface area contributed by atoms with Gasteiger partial charge in [-0.15, -0.1) is 24.0 Å². The van der Waals surface area contributed by atoms with E-state index in [9.17, 15) is 13.2 Å². The van der Waals surface area contributed by atoms with Gasteiger partial charge >= 0.3 is 6.18 Å². The molecule has 1 fully saturated rings. The Morgan fingerprint density at radius 2 is 1.64 bits per heavy atom. The number of benzene rings is 1. The third-order valence-corrected chi connectivity index (χ3v) is 4.82. The largest absolute Gasteiger partial charge is 0.403 e. The minimum atomic E-state index is -4.18. The van der Waals surface area contributed by atoms with E-state index in [1.165, 1.54) is 17.4 Å². The van der Waals surface area contributed by atoms with Gasteiger partial charge in [0, 0.05) is 46.3 Å². The van der Waals surface area contributed by atoms with Crippen LogP contribution in [0, 0.1) is 0 Å². The smallest absolute Gasteiger partial charge is 0.352 e. The Labute approximate surface area is 183 Å². The van der Waals surface area contributed by atoms with E-state index < -0.39 is 12.2 Å². The lowest BCUT2D eigenvalue weighted by Gasteiger charge is -2.39. The number of nitrogens with zero attached hydrogens (tertiary/aromatic N) is 4. The Hall–Kier alpha value is -1.07. The number of nitrogens with one attached hydrogen (secondary N) is 1. The third kappa shape index (κ3) is 7.40. The maximum atomic E-state index is 12.9. The lowest BCUT2D eigenvalue weighted by Crippen LogP contribution is -2.56. The zero-order valence-electron chi connectivity index (χ0n) is 17.0. The molecule has 1 atom stereocenters. The second kappa shape index (κ2) is 11.2. The van der Waals surface area contributed by atoms with Crippen LogP contribution in [0.2, 0.25) is 0 Å². The van der Waals surface area contributed by atoms with Crippen molar-refractivity contribution in [2.75, 3.05) is 47.3 Å². The highest BCUT2D eigenvalue weighted by atomic mass is 127. The molecule has 9 heteroatoms. The first-order valence-corrected chi connectivity index (χ1v) is 9.19. The highest BCUT2D eigenvalue weighted by Crippen LogP contribution is 2.25. The minimum absolute atomic E-state index is 0. The van der Waals surface area contributed by atoms with Crippen molar-refractivity contribution in [2.24, 2.45) is 4.99 Å². The van der Waals surface area contributed by atoms with Gasteiger partial charge in [0.2, 0.25) is 0 Å². The number of piperazine rings is 1. The fraction of sp³-hybridized carbons (Fsp3) is 0.632. The predicted octanol–water partition coefficient (Wildman–Crippen LogP) is 3.01. The van der Waals surface area contributed by atoms with Crippen molar-refractivity contribution in [3.8, 4) is 0 Å². The molecule has 160 valence electrons. The second-order valence-electron chi connectivity index (χ2n) is 7.20. The number of hydrogen-bond acceptors (Lipinski definition) is 3. The molecule has 2 rings (SSSR count). The number of alkyl halides is 3. The van der Waals surface area contributed by atoms with Crippen LogP contribution in [0.5, 0.6) is 0 Å². The number of aliphatic imine (C=N–C) groups is 1. The lowest BCUT2D eigenvalue weighted by atomic mass is 10.1. The van der Waals surface area contributed by atoms with E-state index in [0.29, 0.717) is 32.7 Å². The topological polar surface area (TPSA) is 34.1 Å². The molecule has 0 radical (unpaired) electrons. The van der Waals surface area contributed by atoms with E-state index in [1.54, 1.807) is 7.05 Å². The Morgan fingerprint density at radius 1 is 1.11 bits per heavy atom. The molecule has 0 aromatic heterocycles. The summed E-state index contributed by atoms with van der Waals surface area (Å²) < 4.78 is 38.6. The van der Waals surface area contributed by atoms with Gasteiger partial charge in [-0.2, -0.15) is 13.2 Å². The normalized spacial score (nSPS) is 17.4. The van der Waals surface area contributed by atoms with Gasteiger partial charge in [-0.1, -0.05) is 24.3 Å². The van der Waals surface area contributed by atoms with E-state index in [-0.39, 0.29) is 24.0 Å². The molecule has 1 aromatic rings. The number of halogens is 4. The maximum absolute atomic E-state index is 12.9. The van der Waals surface area contributed by atoms with Crippen LogP contribution in [0.15, 0.2) is 29.3 Å². The average Bonchev–Trinajstić information content (AvgIpc) is 2.62. The Kier molecular flexibility index (Phi) is 9.99. The Balaban J connectivity index is 0.00000392. The van der Waals surface area contributed by atoms with Gasteiger partial charge in [-0.05, 0) is 32.1 Å². The van der Waals surface area contributed by atoms with Crippen molar-refractivity contribution in [2.45, 2.75) is 32.2 Å². The van der Waals surface area contributed by atoms with Crippen LogP contribution in [0.25, 0.3) is 0 Å². The van der Waals surface area contributed by atoms with Gasteiger partial charge in [0.05, 0.1) is 0 Å². The van der Waals surface area contributed by atoms with Crippen LogP contribution in [0.4, 0.5) is 13.2 Å². The van der Waals surface area contributed by atoms with E-state index in [4.69, 9.17) is 0 Å². The molecule has 1 saturated heterocycles. The molecule has 0 amide bonds. The van der Waals surface area contributed by atoms with E-state index >= 15 is 0 Å². The monoisotopic (exact) mass is 513 g/mol. The zero-order chi connectivity index (χ0) is 20.0. The average molecular weight is 513 g/mol. The van der Waals surface area contributed by atoms with Crippen molar-refractivity contribution < 1.29 is 13.2 Å². The highest BCUT2D eigenvalue weighted by Gasteiger charge is 2.41. The van der Waals surface area contributed by atoms with Crippen molar-refractivity contribution in [3.05, 3.63) is 35.4 Å². The van der Waals surface area contributed by atoms with Gasteiger partial charge in [0.15, 0.2) is 5.96 Å². The molecule has 5 nitrogen and oxygen atoms in total. The molecule has 1 aliphatic rings. The molecule has 1 aromatic carbocycles. The van der Waals surface area contributed by atoms with E-state index in [2.05, 4.69) is 39.5 Å². The quantitative estimate of drug-likeness (QED) is 0.373. The van der Waals surface area contributed by atoms with Crippen LogP contribution >= 0.6 is 24.0 Å². The predicted molar refractivity (Wildman–Crippen MR) is 118 cm³/mol. The first kappa shape index (κ1) is 25.0. The molecule has 0 bridgehead atoms. The molecule has 1 unspecified atom stereocenters. The number of rotatable bonds is 5. The van der Waals surface area contributed by atoms with E-state index in [1.807, 2.05) is 19.0 Å². The summed E-state index contributed by atoms with van der Waals surface area (Å²) in [6.07, 6.45) is -4.18. The van der Waals surface area contributed by atoms with Gasteiger partial charge in [0.25, 0.3) is 0 Å². The molecular formula is C19H31F3IN5. The van der Waals surface area contributed by atoms with Crippen molar-refractivity contribution in [1.82, 2.24) is 20.0 Å². The van der Waals surface area contributed by atoms with Crippen LogP contribution < -0.4 is 5.32 Å². The number of hydrogen-bond donors (Lipinski definition) is 1. The molecule has 1 N–H and O–H groups in total. The maximum Gasteiger partial charge on any atom is 0.403 e. The Bertz CT molecular complexity index is 611. The summed E-state index contributed by atoms with van der Waals surface area (Å²) in [4.78, 5) is 9.90.